The van der Waals surface area contributed by atoms with Crippen LogP contribution in [0.2, 0.25) is 0 Å². The van der Waals surface area contributed by atoms with Crippen LogP contribution in [0.5, 0.6) is 0 Å². The van der Waals surface area contributed by atoms with Gasteiger partial charge in [0.05, 0.1) is 18.5 Å². The molecule has 3 nitrogen and oxygen atoms in total. The zero-order valence-electron chi connectivity index (χ0n) is 11.5. The van der Waals surface area contributed by atoms with Gasteiger partial charge in [-0.1, -0.05) is 31.2 Å². The van der Waals surface area contributed by atoms with Crippen molar-refractivity contribution in [3.05, 3.63) is 65.2 Å². The maximum Gasteiger partial charge on any atom is 0.141 e. The highest BCUT2D eigenvalue weighted by atomic mass is 19.1. The minimum Gasteiger partial charge on any atom is -0.392 e. The van der Waals surface area contributed by atoms with Crippen LogP contribution in [0.1, 0.15) is 36.2 Å². The van der Waals surface area contributed by atoms with Crippen LogP contribution in [0.25, 0.3) is 0 Å². The topological polar surface area (TPSA) is 45.1 Å². The van der Waals surface area contributed by atoms with Crippen molar-refractivity contribution in [2.45, 2.75) is 32.5 Å². The van der Waals surface area contributed by atoms with Crippen molar-refractivity contribution in [1.29, 1.82) is 0 Å². The molecule has 1 aromatic carbocycles. The lowest BCUT2D eigenvalue weighted by Crippen LogP contribution is -2.22. The number of hydrogen-bond donors (Lipinski definition) is 2. The van der Waals surface area contributed by atoms with Crippen LogP contribution in [0.4, 0.5) is 4.39 Å². The van der Waals surface area contributed by atoms with E-state index in [0.29, 0.717) is 6.54 Å². The van der Waals surface area contributed by atoms with Gasteiger partial charge >= 0.3 is 0 Å². The van der Waals surface area contributed by atoms with Gasteiger partial charge in [0.1, 0.15) is 5.82 Å². The quantitative estimate of drug-likeness (QED) is 0.851. The first-order chi connectivity index (χ1) is 9.74. The summed E-state index contributed by atoms with van der Waals surface area (Å²) in [5.74, 6) is -0.325. The molecule has 0 aliphatic rings. The van der Waals surface area contributed by atoms with E-state index in [0.717, 1.165) is 23.2 Å². The molecular formula is C16H19FN2O. The number of rotatable bonds is 6. The predicted molar refractivity (Wildman–Crippen MR) is 76.4 cm³/mol. The molecule has 0 saturated heterocycles. The molecule has 0 aliphatic carbocycles. The van der Waals surface area contributed by atoms with Crippen molar-refractivity contribution in [2.24, 2.45) is 0 Å². The van der Waals surface area contributed by atoms with E-state index < -0.39 is 0 Å². The minimum absolute atomic E-state index is 0.0312. The summed E-state index contributed by atoms with van der Waals surface area (Å²) in [4.78, 5) is 4.12. The van der Waals surface area contributed by atoms with E-state index in [1.54, 1.807) is 6.07 Å². The van der Waals surface area contributed by atoms with Crippen LogP contribution in [0.3, 0.4) is 0 Å². The number of hydrogen-bond acceptors (Lipinski definition) is 3. The lowest BCUT2D eigenvalue weighted by atomic mass is 10.1. The highest BCUT2D eigenvalue weighted by molar-refractivity contribution is 5.26. The van der Waals surface area contributed by atoms with E-state index in [1.165, 1.54) is 12.3 Å². The number of benzene rings is 1. The third-order valence-corrected chi connectivity index (χ3v) is 3.34. The molecule has 4 heteroatoms. The molecule has 0 aliphatic heterocycles. The fourth-order valence-corrected chi connectivity index (χ4v) is 2.17. The molecule has 0 saturated carbocycles. The van der Waals surface area contributed by atoms with Gasteiger partial charge in [0.25, 0.3) is 0 Å². The molecule has 1 heterocycles. The summed E-state index contributed by atoms with van der Waals surface area (Å²) in [5, 5.41) is 12.7. The van der Waals surface area contributed by atoms with Crippen LogP contribution in [0.15, 0.2) is 42.6 Å². The lowest BCUT2D eigenvalue weighted by Gasteiger charge is -2.17. The second-order valence-electron chi connectivity index (χ2n) is 4.67. The van der Waals surface area contributed by atoms with E-state index in [4.69, 9.17) is 0 Å². The molecule has 2 aromatic rings. The Morgan fingerprint density at radius 3 is 2.55 bits per heavy atom. The predicted octanol–water partition coefficient (Wildman–Crippen LogP) is 2.95. The average Bonchev–Trinajstić information content (AvgIpc) is 2.50. The second kappa shape index (κ2) is 7.12. The minimum atomic E-state index is -0.325. The van der Waals surface area contributed by atoms with Gasteiger partial charge in [-0.2, -0.15) is 0 Å². The number of nitrogens with one attached hydrogen (secondary N) is 1. The van der Waals surface area contributed by atoms with Gasteiger partial charge in [0, 0.05) is 12.6 Å². The molecule has 0 fully saturated rings. The van der Waals surface area contributed by atoms with Gasteiger partial charge in [-0.05, 0) is 29.7 Å². The van der Waals surface area contributed by atoms with Crippen molar-refractivity contribution >= 4 is 0 Å². The molecule has 2 N–H and O–H groups in total. The molecule has 0 amide bonds. The number of aliphatic hydroxyl groups is 1. The number of pyridine rings is 1. The van der Waals surface area contributed by atoms with Gasteiger partial charge < -0.3 is 10.4 Å². The fraction of sp³-hybridized carbons (Fsp3) is 0.312. The Morgan fingerprint density at radius 1 is 1.20 bits per heavy atom. The van der Waals surface area contributed by atoms with Crippen LogP contribution in [-0.4, -0.2) is 10.1 Å². The summed E-state index contributed by atoms with van der Waals surface area (Å²) in [5.41, 5.74) is 2.81. The van der Waals surface area contributed by atoms with Crippen molar-refractivity contribution in [3.8, 4) is 0 Å². The van der Waals surface area contributed by atoms with Crippen LogP contribution < -0.4 is 5.32 Å². The molecule has 106 valence electrons. The van der Waals surface area contributed by atoms with Crippen LogP contribution >= 0.6 is 0 Å². The summed E-state index contributed by atoms with van der Waals surface area (Å²) in [7, 11) is 0. The Kier molecular flexibility index (Phi) is 5.21. The number of aromatic nitrogens is 1. The normalized spacial score (nSPS) is 12.3. The van der Waals surface area contributed by atoms with E-state index in [9.17, 15) is 9.50 Å². The van der Waals surface area contributed by atoms with Gasteiger partial charge in [-0.3, -0.25) is 4.98 Å². The molecular weight excluding hydrogens is 255 g/mol. The molecule has 0 radical (unpaired) electrons. The summed E-state index contributed by atoms with van der Waals surface area (Å²) in [6.07, 6.45) is 2.10. The summed E-state index contributed by atoms with van der Waals surface area (Å²) >= 11 is 0. The lowest BCUT2D eigenvalue weighted by molar-refractivity contribution is 0.280. The van der Waals surface area contributed by atoms with Crippen molar-refractivity contribution in [2.75, 3.05) is 0 Å². The first kappa shape index (κ1) is 14.6. The maximum absolute atomic E-state index is 12.9. The van der Waals surface area contributed by atoms with Gasteiger partial charge in [-0.25, -0.2) is 4.39 Å². The van der Waals surface area contributed by atoms with Crippen molar-refractivity contribution in [3.63, 3.8) is 0 Å². The van der Waals surface area contributed by atoms with E-state index in [-0.39, 0.29) is 18.5 Å². The van der Waals surface area contributed by atoms with Gasteiger partial charge in [-0.15, -0.1) is 0 Å². The average molecular weight is 274 g/mol. The van der Waals surface area contributed by atoms with E-state index >= 15 is 0 Å². The molecule has 0 spiro atoms. The highest BCUT2D eigenvalue weighted by Gasteiger charge is 2.11. The van der Waals surface area contributed by atoms with Crippen LogP contribution in [0, 0.1) is 5.82 Å². The summed E-state index contributed by atoms with van der Waals surface area (Å²) in [6, 6.07) is 11.0. The first-order valence-electron chi connectivity index (χ1n) is 6.77. The maximum atomic E-state index is 12.9. The third-order valence-electron chi connectivity index (χ3n) is 3.34. The number of nitrogens with zero attached hydrogens (tertiary/aromatic N) is 1. The van der Waals surface area contributed by atoms with E-state index in [2.05, 4.69) is 17.2 Å². The van der Waals surface area contributed by atoms with Crippen LogP contribution in [-0.2, 0) is 13.2 Å². The van der Waals surface area contributed by atoms with E-state index in [1.807, 2.05) is 24.3 Å². The highest BCUT2D eigenvalue weighted by Crippen LogP contribution is 2.16. The van der Waals surface area contributed by atoms with Gasteiger partial charge in [0.15, 0.2) is 0 Å². The number of aliphatic hydroxyl groups excluding tert-OH is 1. The largest absolute Gasteiger partial charge is 0.392 e. The molecule has 2 rings (SSSR count). The Bertz CT molecular complexity index is 542. The Morgan fingerprint density at radius 2 is 1.95 bits per heavy atom. The van der Waals surface area contributed by atoms with Crippen molar-refractivity contribution in [1.82, 2.24) is 10.3 Å². The smallest absolute Gasteiger partial charge is 0.141 e. The zero-order valence-corrected chi connectivity index (χ0v) is 11.5. The Balaban J connectivity index is 2.05. The molecule has 1 unspecified atom stereocenters. The molecule has 20 heavy (non-hydrogen) atoms. The monoisotopic (exact) mass is 274 g/mol. The van der Waals surface area contributed by atoms with Gasteiger partial charge in [0.2, 0.25) is 0 Å². The summed E-state index contributed by atoms with van der Waals surface area (Å²) in [6.45, 7) is 2.73. The second-order valence-corrected chi connectivity index (χ2v) is 4.67. The molecule has 1 aromatic heterocycles. The van der Waals surface area contributed by atoms with Crippen molar-refractivity contribution < 1.29 is 9.50 Å². The first-order valence-corrected chi connectivity index (χ1v) is 6.77. The number of halogens is 1. The molecule has 1 atom stereocenters. The zero-order chi connectivity index (χ0) is 14.4. The Hall–Kier alpha value is -1.78. The SMILES string of the molecule is CCC(NCc1ccccc1CO)c1ccc(F)cn1. The third kappa shape index (κ3) is 3.62. The molecule has 0 bridgehead atoms. The summed E-state index contributed by atoms with van der Waals surface area (Å²) < 4.78 is 12.9. The fourth-order valence-electron chi connectivity index (χ4n) is 2.17. The standard InChI is InChI=1S/C16H19FN2O/c1-2-15(16-8-7-14(17)10-19-16)18-9-12-5-3-4-6-13(12)11-20/h3-8,10,15,18,20H,2,9,11H2,1H3. The Labute approximate surface area is 118 Å².